The zero-order chi connectivity index (χ0) is 7.66. The first kappa shape index (κ1) is 9.74. The third-order valence-electron chi connectivity index (χ3n) is 1.48. The SMILES string of the molecule is CC[CH]/C=C/CCCCC. The van der Waals surface area contributed by atoms with Crippen LogP contribution in [0.5, 0.6) is 0 Å². The zero-order valence-corrected chi connectivity index (χ0v) is 7.27. The van der Waals surface area contributed by atoms with Crippen LogP contribution in [0, 0.1) is 6.42 Å². The molecule has 59 valence electrons. The first-order valence-corrected chi connectivity index (χ1v) is 4.40. The summed E-state index contributed by atoms with van der Waals surface area (Å²) in [6, 6.07) is 0. The van der Waals surface area contributed by atoms with Crippen LogP contribution in [0.4, 0.5) is 0 Å². The highest BCUT2D eigenvalue weighted by Gasteiger charge is 1.80. The Labute approximate surface area is 65.3 Å². The van der Waals surface area contributed by atoms with Crippen LogP contribution < -0.4 is 0 Å². The number of unbranched alkanes of at least 4 members (excludes halogenated alkanes) is 4. The van der Waals surface area contributed by atoms with Crippen LogP contribution in [-0.4, -0.2) is 0 Å². The fourth-order valence-electron chi connectivity index (χ4n) is 0.841. The molecule has 10 heavy (non-hydrogen) atoms. The average Bonchev–Trinajstić information content (AvgIpc) is 1.97. The fourth-order valence-corrected chi connectivity index (χ4v) is 0.841. The van der Waals surface area contributed by atoms with Crippen molar-refractivity contribution in [3.63, 3.8) is 0 Å². The predicted molar refractivity (Wildman–Crippen MR) is 47.9 cm³/mol. The Kier molecular flexibility index (Phi) is 8.51. The second kappa shape index (κ2) is 8.74. The maximum Gasteiger partial charge on any atom is -0.0173 e. The maximum absolute atomic E-state index is 2.26. The first-order valence-electron chi connectivity index (χ1n) is 4.40. The summed E-state index contributed by atoms with van der Waals surface area (Å²) in [5.74, 6) is 0. The molecule has 0 aromatic rings. The van der Waals surface area contributed by atoms with Crippen molar-refractivity contribution >= 4 is 0 Å². The third kappa shape index (κ3) is 7.74. The van der Waals surface area contributed by atoms with Gasteiger partial charge < -0.3 is 0 Å². The molecule has 0 rings (SSSR count). The lowest BCUT2D eigenvalue weighted by Crippen LogP contribution is -1.70. The highest BCUT2D eigenvalue weighted by atomic mass is 13.9. The summed E-state index contributed by atoms with van der Waals surface area (Å²) >= 11 is 0. The van der Waals surface area contributed by atoms with Crippen molar-refractivity contribution in [3.8, 4) is 0 Å². The van der Waals surface area contributed by atoms with Crippen LogP contribution in [0.15, 0.2) is 12.2 Å². The Morgan fingerprint density at radius 2 is 1.90 bits per heavy atom. The van der Waals surface area contributed by atoms with E-state index < -0.39 is 0 Å². The van der Waals surface area contributed by atoms with E-state index >= 15 is 0 Å². The molecule has 0 amide bonds. The van der Waals surface area contributed by atoms with E-state index in [4.69, 9.17) is 0 Å². The van der Waals surface area contributed by atoms with E-state index in [0.717, 1.165) is 6.42 Å². The molecule has 0 saturated carbocycles. The molecule has 0 aliphatic rings. The van der Waals surface area contributed by atoms with Crippen LogP contribution in [0.2, 0.25) is 0 Å². The van der Waals surface area contributed by atoms with E-state index in [0.29, 0.717) is 0 Å². The van der Waals surface area contributed by atoms with Gasteiger partial charge in [0.05, 0.1) is 0 Å². The highest BCUT2D eigenvalue weighted by molar-refractivity contribution is 4.93. The minimum Gasteiger partial charge on any atom is -0.0882 e. The minimum atomic E-state index is 1.16. The van der Waals surface area contributed by atoms with Crippen LogP contribution in [0.1, 0.15) is 46.0 Å². The van der Waals surface area contributed by atoms with E-state index in [1.54, 1.807) is 0 Å². The topological polar surface area (TPSA) is 0 Å². The van der Waals surface area contributed by atoms with Gasteiger partial charge in [0.1, 0.15) is 0 Å². The smallest absolute Gasteiger partial charge is 0.0173 e. The molecule has 1 radical (unpaired) electrons. The second-order valence-electron chi connectivity index (χ2n) is 2.57. The summed E-state index contributed by atoms with van der Waals surface area (Å²) in [6.07, 6.45) is 13.1. The van der Waals surface area contributed by atoms with Gasteiger partial charge in [0.25, 0.3) is 0 Å². The van der Waals surface area contributed by atoms with Crippen molar-refractivity contribution in [3.05, 3.63) is 18.6 Å². The number of rotatable bonds is 6. The van der Waals surface area contributed by atoms with Crippen molar-refractivity contribution in [2.75, 3.05) is 0 Å². The van der Waals surface area contributed by atoms with Crippen molar-refractivity contribution in [1.29, 1.82) is 0 Å². The van der Waals surface area contributed by atoms with E-state index in [9.17, 15) is 0 Å². The summed E-state index contributed by atoms with van der Waals surface area (Å²) in [4.78, 5) is 0. The van der Waals surface area contributed by atoms with Crippen molar-refractivity contribution in [2.24, 2.45) is 0 Å². The molecular formula is C10H19. The van der Waals surface area contributed by atoms with Crippen molar-refractivity contribution in [1.82, 2.24) is 0 Å². The molecule has 0 heteroatoms. The van der Waals surface area contributed by atoms with E-state index in [1.807, 2.05) is 0 Å². The quantitative estimate of drug-likeness (QED) is 0.492. The van der Waals surface area contributed by atoms with Crippen LogP contribution in [-0.2, 0) is 0 Å². The molecule has 0 aromatic heterocycles. The van der Waals surface area contributed by atoms with Gasteiger partial charge in [-0.2, -0.15) is 0 Å². The largest absolute Gasteiger partial charge is 0.0882 e. The molecule has 0 unspecified atom stereocenters. The molecular weight excluding hydrogens is 120 g/mol. The number of allylic oxidation sites excluding steroid dienone is 2. The van der Waals surface area contributed by atoms with Crippen LogP contribution >= 0.6 is 0 Å². The van der Waals surface area contributed by atoms with Gasteiger partial charge >= 0.3 is 0 Å². The summed E-state index contributed by atoms with van der Waals surface area (Å²) in [7, 11) is 0. The zero-order valence-electron chi connectivity index (χ0n) is 7.27. The summed E-state index contributed by atoms with van der Waals surface area (Å²) < 4.78 is 0. The molecule has 0 aromatic carbocycles. The van der Waals surface area contributed by atoms with Gasteiger partial charge in [-0.3, -0.25) is 0 Å². The fraction of sp³-hybridized carbons (Fsp3) is 0.700. The molecule has 0 heterocycles. The highest BCUT2D eigenvalue weighted by Crippen LogP contribution is 2.00. The second-order valence-corrected chi connectivity index (χ2v) is 2.57. The Hall–Kier alpha value is -0.260. The Bertz CT molecular complexity index is 72.1. The molecule has 0 N–H and O–H groups in total. The van der Waals surface area contributed by atoms with Crippen molar-refractivity contribution in [2.45, 2.75) is 46.0 Å². The summed E-state index contributed by atoms with van der Waals surface area (Å²) in [5, 5.41) is 0. The van der Waals surface area contributed by atoms with Gasteiger partial charge in [-0.15, -0.1) is 0 Å². The Morgan fingerprint density at radius 1 is 1.10 bits per heavy atom. The average molecular weight is 139 g/mol. The molecule has 0 atom stereocenters. The van der Waals surface area contributed by atoms with Gasteiger partial charge in [-0.25, -0.2) is 0 Å². The minimum absolute atomic E-state index is 1.16. The molecule has 0 aliphatic heterocycles. The monoisotopic (exact) mass is 139 g/mol. The lowest BCUT2D eigenvalue weighted by atomic mass is 10.2. The molecule has 0 fully saturated rings. The summed E-state index contributed by atoms with van der Waals surface area (Å²) in [6.45, 7) is 4.40. The standard InChI is InChI=1S/C10H19/c1-3-5-7-9-10-8-6-4-2/h5,7,9H,3-4,6,8,10H2,1-2H3/b9-7+. The van der Waals surface area contributed by atoms with Gasteiger partial charge in [0.15, 0.2) is 0 Å². The molecule has 0 spiro atoms. The van der Waals surface area contributed by atoms with Crippen LogP contribution in [0.25, 0.3) is 0 Å². The molecule has 0 nitrogen and oxygen atoms in total. The van der Waals surface area contributed by atoms with Gasteiger partial charge in [0.2, 0.25) is 0 Å². The van der Waals surface area contributed by atoms with Crippen molar-refractivity contribution < 1.29 is 0 Å². The van der Waals surface area contributed by atoms with E-state index in [1.165, 1.54) is 25.7 Å². The van der Waals surface area contributed by atoms with E-state index in [2.05, 4.69) is 32.4 Å². The van der Waals surface area contributed by atoms with Gasteiger partial charge in [-0.05, 0) is 25.7 Å². The molecule has 0 saturated heterocycles. The van der Waals surface area contributed by atoms with E-state index in [-0.39, 0.29) is 0 Å². The van der Waals surface area contributed by atoms with Crippen LogP contribution in [0.3, 0.4) is 0 Å². The Morgan fingerprint density at radius 3 is 2.50 bits per heavy atom. The third-order valence-corrected chi connectivity index (χ3v) is 1.48. The number of hydrogen-bond donors (Lipinski definition) is 0. The molecule has 0 aliphatic carbocycles. The summed E-state index contributed by atoms with van der Waals surface area (Å²) in [5.41, 5.74) is 0. The van der Waals surface area contributed by atoms with Gasteiger partial charge in [-0.1, -0.05) is 38.8 Å². The lowest BCUT2D eigenvalue weighted by Gasteiger charge is -1.90. The normalized spacial score (nSPS) is 11.0. The lowest BCUT2D eigenvalue weighted by molar-refractivity contribution is 0.729. The Balaban J connectivity index is 2.88. The molecule has 0 bridgehead atoms. The maximum atomic E-state index is 2.26. The predicted octanol–water partition coefficient (Wildman–Crippen LogP) is 3.74. The first-order chi connectivity index (χ1) is 4.91. The number of hydrogen-bond acceptors (Lipinski definition) is 0. The van der Waals surface area contributed by atoms with Gasteiger partial charge in [0, 0.05) is 0 Å².